The Bertz CT molecular complexity index is 713. The van der Waals surface area contributed by atoms with Gasteiger partial charge < -0.3 is 4.74 Å². The van der Waals surface area contributed by atoms with Crippen LogP contribution in [0.3, 0.4) is 0 Å². The second-order valence-corrected chi connectivity index (χ2v) is 7.98. The number of rotatable bonds is 10. The van der Waals surface area contributed by atoms with Crippen molar-refractivity contribution in [3.63, 3.8) is 0 Å². The average Bonchev–Trinajstić information content (AvgIpc) is 2.60. The molecule has 8 heteroatoms. The molecule has 1 atom stereocenters. The number of hydrogen-bond donors (Lipinski definition) is 1. The quantitative estimate of drug-likeness (QED) is 0.257. The number of thioether (sulfide) groups is 1. The van der Waals surface area contributed by atoms with Crippen molar-refractivity contribution < 1.29 is 17.9 Å². The average molecular weight is 436 g/mol. The maximum Gasteiger partial charge on any atom is 0.573 e. The SMILES string of the molecule is FC(F)(F)Oc1cc(CNP)ccc1SCCCCCc1ccc(Cl)cc1. The van der Waals surface area contributed by atoms with Crippen molar-refractivity contribution in [1.29, 1.82) is 0 Å². The molecule has 2 aromatic carbocycles. The standard InChI is InChI=1S/C19H22ClF3NOPS/c20-16-8-5-14(6-9-16)4-2-1-3-11-27-18-10-7-15(13-24-26)12-17(18)25-19(21,22)23/h5-10,12,24H,1-4,11,13,26H2. The van der Waals surface area contributed by atoms with Gasteiger partial charge in [-0.15, -0.1) is 24.9 Å². The number of benzene rings is 2. The van der Waals surface area contributed by atoms with Gasteiger partial charge in [-0.1, -0.05) is 45.6 Å². The van der Waals surface area contributed by atoms with Crippen molar-refractivity contribution in [2.24, 2.45) is 0 Å². The minimum Gasteiger partial charge on any atom is -0.405 e. The number of alkyl halides is 3. The molecule has 27 heavy (non-hydrogen) atoms. The Labute approximate surface area is 169 Å². The molecule has 0 spiro atoms. The maximum absolute atomic E-state index is 12.7. The number of ether oxygens (including phenoxy) is 1. The Balaban J connectivity index is 1.80. The largest absolute Gasteiger partial charge is 0.573 e. The summed E-state index contributed by atoms with van der Waals surface area (Å²) < 4.78 is 42.2. The smallest absolute Gasteiger partial charge is 0.405 e. The number of hydrogen-bond acceptors (Lipinski definition) is 3. The molecule has 0 aliphatic rings. The Morgan fingerprint density at radius 3 is 2.37 bits per heavy atom. The van der Waals surface area contributed by atoms with E-state index < -0.39 is 6.36 Å². The predicted octanol–water partition coefficient (Wildman–Crippen LogP) is 6.62. The van der Waals surface area contributed by atoms with Crippen LogP contribution >= 0.6 is 32.8 Å². The Hall–Kier alpha value is -0.940. The first-order chi connectivity index (χ1) is 12.9. The molecule has 1 N–H and O–H groups in total. The summed E-state index contributed by atoms with van der Waals surface area (Å²) in [6.07, 6.45) is -0.743. The van der Waals surface area contributed by atoms with Crippen molar-refractivity contribution in [2.75, 3.05) is 5.75 Å². The van der Waals surface area contributed by atoms with Crippen LogP contribution in [0.4, 0.5) is 13.2 Å². The van der Waals surface area contributed by atoms with E-state index in [2.05, 4.69) is 19.2 Å². The first kappa shape index (κ1) is 22.4. The molecule has 0 aliphatic heterocycles. The summed E-state index contributed by atoms with van der Waals surface area (Å²) in [6.45, 7) is 0.453. The van der Waals surface area contributed by atoms with Gasteiger partial charge in [0.2, 0.25) is 0 Å². The second-order valence-electron chi connectivity index (χ2n) is 6.00. The summed E-state index contributed by atoms with van der Waals surface area (Å²) in [7, 11) is 2.33. The molecule has 2 aromatic rings. The van der Waals surface area contributed by atoms with Gasteiger partial charge in [0.15, 0.2) is 0 Å². The molecule has 0 aliphatic carbocycles. The molecule has 1 unspecified atom stereocenters. The molecular formula is C19H22ClF3NOPS. The zero-order valence-corrected chi connectivity index (χ0v) is 17.4. The van der Waals surface area contributed by atoms with Crippen molar-refractivity contribution >= 4 is 32.8 Å². The van der Waals surface area contributed by atoms with E-state index in [1.807, 2.05) is 30.3 Å². The van der Waals surface area contributed by atoms with Crippen LogP contribution in [0.2, 0.25) is 5.02 Å². The third-order valence-electron chi connectivity index (χ3n) is 3.82. The molecule has 0 saturated carbocycles. The molecule has 0 saturated heterocycles. The van der Waals surface area contributed by atoms with E-state index in [4.69, 9.17) is 11.6 Å². The molecule has 2 rings (SSSR count). The molecule has 0 heterocycles. The third kappa shape index (κ3) is 8.73. The number of unbranched alkanes of at least 4 members (excludes halogenated alkanes) is 2. The molecular weight excluding hydrogens is 414 g/mol. The van der Waals surface area contributed by atoms with Gasteiger partial charge in [-0.2, -0.15) is 0 Å². The van der Waals surface area contributed by atoms with Crippen LogP contribution in [-0.4, -0.2) is 12.1 Å². The second kappa shape index (κ2) is 11.2. The summed E-state index contributed by atoms with van der Waals surface area (Å²) in [6, 6.07) is 12.7. The lowest BCUT2D eigenvalue weighted by molar-refractivity contribution is -0.275. The molecule has 0 radical (unpaired) electrons. The molecule has 0 aromatic heterocycles. The van der Waals surface area contributed by atoms with Gasteiger partial charge in [-0.25, -0.2) is 0 Å². The normalized spacial score (nSPS) is 11.6. The van der Waals surface area contributed by atoms with Gasteiger partial charge in [0.1, 0.15) is 5.75 Å². The van der Waals surface area contributed by atoms with E-state index in [1.165, 1.54) is 23.4 Å². The van der Waals surface area contributed by atoms with E-state index in [9.17, 15) is 13.2 Å². The third-order valence-corrected chi connectivity index (χ3v) is 5.42. The fraction of sp³-hybridized carbons (Fsp3) is 0.368. The summed E-state index contributed by atoms with van der Waals surface area (Å²) in [4.78, 5) is 0.512. The van der Waals surface area contributed by atoms with Crippen molar-refractivity contribution in [2.45, 2.75) is 43.5 Å². The highest BCUT2D eigenvalue weighted by atomic mass is 35.5. The lowest BCUT2D eigenvalue weighted by Crippen LogP contribution is -2.18. The first-order valence-electron chi connectivity index (χ1n) is 8.57. The summed E-state index contributed by atoms with van der Waals surface area (Å²) in [5.41, 5.74) is 1.97. The Morgan fingerprint density at radius 2 is 1.70 bits per heavy atom. The van der Waals surface area contributed by atoms with Gasteiger partial charge in [-0.3, -0.25) is 5.09 Å². The van der Waals surface area contributed by atoms with Crippen molar-refractivity contribution in [1.82, 2.24) is 5.09 Å². The number of halogens is 4. The van der Waals surface area contributed by atoms with Gasteiger partial charge in [0, 0.05) is 16.5 Å². The van der Waals surface area contributed by atoms with Crippen molar-refractivity contribution in [3.8, 4) is 5.75 Å². The predicted molar refractivity (Wildman–Crippen MR) is 109 cm³/mol. The number of aryl methyl sites for hydroxylation is 1. The van der Waals surface area contributed by atoms with Crippen LogP contribution in [0.15, 0.2) is 47.4 Å². The van der Waals surface area contributed by atoms with E-state index in [-0.39, 0.29) is 5.75 Å². The molecule has 0 fully saturated rings. The minimum absolute atomic E-state index is 0.133. The van der Waals surface area contributed by atoms with Crippen LogP contribution < -0.4 is 9.82 Å². The Morgan fingerprint density at radius 1 is 1.00 bits per heavy atom. The zero-order chi connectivity index (χ0) is 19.7. The van der Waals surface area contributed by atoms with Crippen LogP contribution in [0.1, 0.15) is 30.4 Å². The minimum atomic E-state index is -4.69. The van der Waals surface area contributed by atoms with Crippen LogP contribution in [0, 0.1) is 0 Å². The fourth-order valence-corrected chi connectivity index (χ4v) is 3.88. The van der Waals surface area contributed by atoms with Crippen LogP contribution in [0.5, 0.6) is 5.75 Å². The first-order valence-corrected chi connectivity index (χ1v) is 10.5. The number of nitrogens with one attached hydrogen (secondary N) is 1. The topological polar surface area (TPSA) is 21.3 Å². The summed E-state index contributed by atoms with van der Waals surface area (Å²) >= 11 is 7.26. The van der Waals surface area contributed by atoms with Gasteiger partial charge >= 0.3 is 6.36 Å². The lowest BCUT2D eigenvalue weighted by Gasteiger charge is -2.14. The monoisotopic (exact) mass is 435 g/mol. The summed E-state index contributed by atoms with van der Waals surface area (Å²) in [5, 5.41) is 3.57. The van der Waals surface area contributed by atoms with E-state index >= 15 is 0 Å². The molecule has 148 valence electrons. The highest BCUT2D eigenvalue weighted by Crippen LogP contribution is 2.35. The molecule has 0 bridgehead atoms. The van der Waals surface area contributed by atoms with E-state index in [0.717, 1.165) is 42.0 Å². The fourth-order valence-electron chi connectivity index (χ4n) is 2.55. The Kier molecular flexibility index (Phi) is 9.24. The molecule has 2 nitrogen and oxygen atoms in total. The highest BCUT2D eigenvalue weighted by molar-refractivity contribution is 7.99. The summed E-state index contributed by atoms with van der Waals surface area (Å²) in [5.74, 6) is 0.613. The van der Waals surface area contributed by atoms with E-state index in [1.54, 1.807) is 6.07 Å². The van der Waals surface area contributed by atoms with Crippen LogP contribution in [-0.2, 0) is 13.0 Å². The highest BCUT2D eigenvalue weighted by Gasteiger charge is 2.32. The lowest BCUT2D eigenvalue weighted by atomic mass is 10.1. The van der Waals surface area contributed by atoms with Gasteiger partial charge in [0.05, 0.1) is 0 Å². The maximum atomic E-state index is 12.7. The van der Waals surface area contributed by atoms with Gasteiger partial charge in [0.25, 0.3) is 0 Å². The zero-order valence-electron chi connectivity index (χ0n) is 14.7. The van der Waals surface area contributed by atoms with Crippen LogP contribution in [0.25, 0.3) is 0 Å². The van der Waals surface area contributed by atoms with Crippen molar-refractivity contribution in [3.05, 3.63) is 58.6 Å². The van der Waals surface area contributed by atoms with Gasteiger partial charge in [-0.05, 0) is 60.4 Å². The molecule has 0 amide bonds. The van der Waals surface area contributed by atoms with E-state index in [0.29, 0.717) is 11.4 Å².